The van der Waals surface area contributed by atoms with Crippen molar-refractivity contribution < 1.29 is 0 Å². The van der Waals surface area contributed by atoms with Gasteiger partial charge >= 0.3 is 0 Å². The first-order valence-corrected chi connectivity index (χ1v) is 15.8. The van der Waals surface area contributed by atoms with Crippen LogP contribution in [0, 0.1) is 0 Å². The molecule has 2 heteroatoms. The van der Waals surface area contributed by atoms with E-state index in [1.165, 1.54) is 54.5 Å². The van der Waals surface area contributed by atoms with Gasteiger partial charge in [-0.15, -0.1) is 0 Å². The lowest BCUT2D eigenvalue weighted by molar-refractivity contribution is 1.18. The van der Waals surface area contributed by atoms with Gasteiger partial charge in [-0.05, 0) is 87.9 Å². The average Bonchev–Trinajstić information content (AvgIpc) is 3.45. The van der Waals surface area contributed by atoms with Gasteiger partial charge in [-0.25, -0.2) is 0 Å². The Balaban J connectivity index is 1.21. The molecule has 0 amide bonds. The van der Waals surface area contributed by atoms with Crippen molar-refractivity contribution in [2.45, 2.75) is 0 Å². The van der Waals surface area contributed by atoms with Crippen LogP contribution in [0.4, 0.5) is 17.1 Å². The Morgan fingerprint density at radius 3 is 1.67 bits per heavy atom. The molecule has 0 atom stereocenters. The first-order valence-electron chi connectivity index (χ1n) is 15.8. The standard InChI is InChI=1S/C44H30N2/c1-2-11-31(12-3-1)32-21-23-36(24-22-32)45(42-20-10-16-33-13-6-7-17-39(33)42)37-25-27-38(28-26-37)46-43-19-9-8-18-40(43)41-29-34-14-4-5-15-35(34)30-44(41)46/h1-30H. The smallest absolute Gasteiger partial charge is 0.0547 e. The molecule has 0 aliphatic carbocycles. The number of para-hydroxylation sites is 1. The zero-order valence-corrected chi connectivity index (χ0v) is 25.2. The second-order valence-electron chi connectivity index (χ2n) is 11.8. The van der Waals surface area contributed by atoms with Crippen molar-refractivity contribution in [2.75, 3.05) is 4.90 Å². The Labute approximate surface area is 268 Å². The van der Waals surface area contributed by atoms with Crippen LogP contribution in [0.25, 0.3) is 60.2 Å². The molecule has 216 valence electrons. The normalized spacial score (nSPS) is 11.5. The summed E-state index contributed by atoms with van der Waals surface area (Å²) in [6.07, 6.45) is 0. The molecule has 8 aromatic carbocycles. The summed E-state index contributed by atoms with van der Waals surface area (Å²) >= 11 is 0. The fourth-order valence-corrected chi connectivity index (χ4v) is 6.95. The minimum atomic E-state index is 1.11. The molecule has 9 aromatic rings. The molecule has 2 nitrogen and oxygen atoms in total. The SMILES string of the molecule is c1ccc(-c2ccc(N(c3ccc(-n4c5ccccc5c5cc6ccccc6cc54)cc3)c3cccc4ccccc34)cc2)cc1. The number of hydrogen-bond donors (Lipinski definition) is 0. The van der Waals surface area contributed by atoms with Crippen molar-refractivity contribution >= 4 is 60.4 Å². The number of rotatable bonds is 5. The number of hydrogen-bond acceptors (Lipinski definition) is 1. The maximum atomic E-state index is 2.40. The van der Waals surface area contributed by atoms with Crippen molar-refractivity contribution in [3.05, 3.63) is 182 Å². The number of nitrogens with zero attached hydrogens (tertiary/aromatic N) is 2. The van der Waals surface area contributed by atoms with Crippen LogP contribution in [0.1, 0.15) is 0 Å². The maximum Gasteiger partial charge on any atom is 0.0547 e. The van der Waals surface area contributed by atoms with Gasteiger partial charge in [0.1, 0.15) is 0 Å². The Hall–Kier alpha value is -6.12. The van der Waals surface area contributed by atoms with E-state index in [2.05, 4.69) is 191 Å². The Morgan fingerprint density at radius 2 is 0.913 bits per heavy atom. The van der Waals surface area contributed by atoms with Gasteiger partial charge in [0.2, 0.25) is 0 Å². The fourth-order valence-electron chi connectivity index (χ4n) is 6.95. The molecule has 0 radical (unpaired) electrons. The molecule has 46 heavy (non-hydrogen) atoms. The minimum Gasteiger partial charge on any atom is -0.310 e. The van der Waals surface area contributed by atoms with Crippen LogP contribution in [0.15, 0.2) is 182 Å². The van der Waals surface area contributed by atoms with E-state index < -0.39 is 0 Å². The molecule has 0 spiro atoms. The first-order chi connectivity index (χ1) is 22.8. The van der Waals surface area contributed by atoms with Crippen LogP contribution in [-0.4, -0.2) is 4.57 Å². The largest absolute Gasteiger partial charge is 0.310 e. The van der Waals surface area contributed by atoms with Crippen LogP contribution in [-0.2, 0) is 0 Å². The van der Waals surface area contributed by atoms with E-state index in [0.717, 1.165) is 22.7 Å². The van der Waals surface area contributed by atoms with E-state index in [4.69, 9.17) is 0 Å². The maximum absolute atomic E-state index is 2.40. The van der Waals surface area contributed by atoms with Gasteiger partial charge in [-0.2, -0.15) is 0 Å². The minimum absolute atomic E-state index is 1.11. The van der Waals surface area contributed by atoms with E-state index in [1.54, 1.807) is 0 Å². The fraction of sp³-hybridized carbons (Fsp3) is 0. The van der Waals surface area contributed by atoms with Crippen LogP contribution >= 0.6 is 0 Å². The topological polar surface area (TPSA) is 8.17 Å². The number of benzene rings is 8. The summed E-state index contributed by atoms with van der Waals surface area (Å²) in [5, 5.41) is 7.49. The third kappa shape index (κ3) is 4.35. The zero-order valence-electron chi connectivity index (χ0n) is 25.2. The lowest BCUT2D eigenvalue weighted by Gasteiger charge is -2.27. The molecule has 0 bridgehead atoms. The summed E-state index contributed by atoms with van der Waals surface area (Å²) in [7, 11) is 0. The number of aromatic nitrogens is 1. The summed E-state index contributed by atoms with van der Waals surface area (Å²) in [4.78, 5) is 2.38. The van der Waals surface area contributed by atoms with Crippen LogP contribution in [0.5, 0.6) is 0 Å². The molecular formula is C44H30N2. The second-order valence-corrected chi connectivity index (χ2v) is 11.8. The molecule has 0 unspecified atom stereocenters. The molecule has 0 aliphatic heterocycles. The van der Waals surface area contributed by atoms with Crippen LogP contribution in [0.2, 0.25) is 0 Å². The molecule has 0 saturated heterocycles. The second kappa shape index (κ2) is 10.8. The highest BCUT2D eigenvalue weighted by Crippen LogP contribution is 2.41. The van der Waals surface area contributed by atoms with Crippen LogP contribution < -0.4 is 4.90 Å². The summed E-state index contributed by atoms with van der Waals surface area (Å²) in [6, 6.07) is 65.7. The molecule has 1 aromatic heterocycles. The average molecular weight is 587 g/mol. The summed E-state index contributed by atoms with van der Waals surface area (Å²) in [6.45, 7) is 0. The number of fused-ring (bicyclic) bond motifs is 5. The Morgan fingerprint density at radius 1 is 0.348 bits per heavy atom. The predicted molar refractivity (Wildman–Crippen MR) is 196 cm³/mol. The summed E-state index contributed by atoms with van der Waals surface area (Å²) in [5.74, 6) is 0. The zero-order chi connectivity index (χ0) is 30.5. The quantitative estimate of drug-likeness (QED) is 0.195. The molecule has 0 saturated carbocycles. The van der Waals surface area contributed by atoms with Gasteiger partial charge in [-0.3, -0.25) is 0 Å². The Kier molecular flexibility index (Phi) is 6.17. The highest BCUT2D eigenvalue weighted by Gasteiger charge is 2.17. The van der Waals surface area contributed by atoms with Crippen molar-refractivity contribution in [1.82, 2.24) is 4.57 Å². The predicted octanol–water partition coefficient (Wildman–Crippen LogP) is 12.2. The molecule has 1 heterocycles. The van der Waals surface area contributed by atoms with Crippen molar-refractivity contribution in [1.29, 1.82) is 0 Å². The van der Waals surface area contributed by atoms with Gasteiger partial charge in [0, 0.05) is 33.2 Å². The number of anilines is 3. The van der Waals surface area contributed by atoms with E-state index in [9.17, 15) is 0 Å². The first kappa shape index (κ1) is 26.3. The van der Waals surface area contributed by atoms with E-state index in [1.807, 2.05) is 0 Å². The molecule has 0 fully saturated rings. The molecular weight excluding hydrogens is 556 g/mol. The van der Waals surface area contributed by atoms with Gasteiger partial charge in [0.25, 0.3) is 0 Å². The summed E-state index contributed by atoms with van der Waals surface area (Å²) < 4.78 is 2.40. The van der Waals surface area contributed by atoms with Gasteiger partial charge in [0.05, 0.1) is 16.7 Å². The lowest BCUT2D eigenvalue weighted by Crippen LogP contribution is -2.10. The van der Waals surface area contributed by atoms with Gasteiger partial charge in [0.15, 0.2) is 0 Å². The monoisotopic (exact) mass is 586 g/mol. The van der Waals surface area contributed by atoms with Gasteiger partial charge in [-0.1, -0.05) is 121 Å². The summed E-state index contributed by atoms with van der Waals surface area (Å²) in [5.41, 5.74) is 9.37. The third-order valence-electron chi connectivity index (χ3n) is 9.15. The van der Waals surface area contributed by atoms with Crippen molar-refractivity contribution in [2.24, 2.45) is 0 Å². The van der Waals surface area contributed by atoms with E-state index in [0.29, 0.717) is 0 Å². The third-order valence-corrected chi connectivity index (χ3v) is 9.15. The van der Waals surface area contributed by atoms with Crippen LogP contribution in [0.3, 0.4) is 0 Å². The highest BCUT2D eigenvalue weighted by atomic mass is 15.1. The molecule has 0 N–H and O–H groups in total. The van der Waals surface area contributed by atoms with Crippen molar-refractivity contribution in [3.8, 4) is 16.8 Å². The van der Waals surface area contributed by atoms with E-state index in [-0.39, 0.29) is 0 Å². The van der Waals surface area contributed by atoms with Crippen molar-refractivity contribution in [3.63, 3.8) is 0 Å². The Bertz CT molecular complexity index is 2500. The highest BCUT2D eigenvalue weighted by molar-refractivity contribution is 6.13. The van der Waals surface area contributed by atoms with E-state index >= 15 is 0 Å². The lowest BCUT2D eigenvalue weighted by atomic mass is 10.0. The van der Waals surface area contributed by atoms with Gasteiger partial charge < -0.3 is 9.47 Å². The molecule has 9 rings (SSSR count). The molecule has 0 aliphatic rings.